The van der Waals surface area contributed by atoms with Gasteiger partial charge in [0.15, 0.2) is 0 Å². The number of carbonyl (C=O) groups excluding carboxylic acids is 1. The zero-order valence-electron chi connectivity index (χ0n) is 19.5. The molecule has 0 N–H and O–H groups in total. The number of carbonyl (C=O) groups is 1. The molecule has 1 aromatic carbocycles. The second kappa shape index (κ2) is 10.4. The van der Waals surface area contributed by atoms with Gasteiger partial charge in [-0.3, -0.25) is 19.1 Å². The van der Waals surface area contributed by atoms with Crippen molar-refractivity contribution in [2.24, 2.45) is 0 Å². The molecule has 3 heterocycles. The number of rotatable bonds is 6. The molecule has 2 atom stereocenters. The number of hydrogen-bond donors (Lipinski definition) is 0. The monoisotopic (exact) mass is 436 g/mol. The van der Waals surface area contributed by atoms with Gasteiger partial charge in [-0.2, -0.15) is 0 Å². The van der Waals surface area contributed by atoms with Crippen LogP contribution in [0.3, 0.4) is 0 Å². The van der Waals surface area contributed by atoms with Crippen molar-refractivity contribution in [3.63, 3.8) is 0 Å². The fourth-order valence-electron chi connectivity index (χ4n) is 5.09. The SMILES string of the molecule is CC(CN(C)C(=O)CN1CCCC(c2cc(=O)n3c(n2)CCCCC3)C1)c1ccccc1. The van der Waals surface area contributed by atoms with Gasteiger partial charge >= 0.3 is 0 Å². The Hall–Kier alpha value is -2.47. The molecule has 0 spiro atoms. The van der Waals surface area contributed by atoms with Crippen molar-refractivity contribution in [2.45, 2.75) is 63.8 Å². The number of likely N-dealkylation sites (N-methyl/N-ethyl adjacent to an activating group) is 1. The summed E-state index contributed by atoms with van der Waals surface area (Å²) < 4.78 is 1.86. The highest BCUT2D eigenvalue weighted by atomic mass is 16.2. The van der Waals surface area contributed by atoms with E-state index >= 15 is 0 Å². The molecular formula is C26H36N4O2. The minimum atomic E-state index is 0.0923. The van der Waals surface area contributed by atoms with Crippen molar-refractivity contribution < 1.29 is 4.79 Å². The summed E-state index contributed by atoms with van der Waals surface area (Å²) in [5.41, 5.74) is 2.27. The van der Waals surface area contributed by atoms with Gasteiger partial charge < -0.3 is 4.90 Å². The van der Waals surface area contributed by atoms with Crippen LogP contribution < -0.4 is 5.56 Å². The van der Waals surface area contributed by atoms with Gasteiger partial charge in [-0.05, 0) is 43.7 Å². The predicted octanol–water partition coefficient (Wildman–Crippen LogP) is 3.41. The van der Waals surface area contributed by atoms with E-state index in [-0.39, 0.29) is 17.4 Å². The third kappa shape index (κ3) is 5.47. The first-order chi connectivity index (χ1) is 15.5. The molecule has 1 fully saturated rings. The maximum atomic E-state index is 12.9. The molecule has 1 aromatic heterocycles. The molecule has 4 rings (SSSR count). The summed E-state index contributed by atoms with van der Waals surface area (Å²) in [6, 6.07) is 12.1. The molecule has 32 heavy (non-hydrogen) atoms. The predicted molar refractivity (Wildman–Crippen MR) is 127 cm³/mol. The van der Waals surface area contributed by atoms with Crippen LogP contribution >= 0.6 is 0 Å². The number of piperidine rings is 1. The minimum absolute atomic E-state index is 0.0923. The maximum Gasteiger partial charge on any atom is 0.253 e. The largest absolute Gasteiger partial charge is 0.344 e. The Morgan fingerprint density at radius 3 is 2.78 bits per heavy atom. The van der Waals surface area contributed by atoms with E-state index in [1.807, 2.05) is 34.7 Å². The standard InChI is InChI=1S/C26H36N4O2/c1-20(21-10-5-3-6-11-21)17-28(2)26(32)19-29-14-9-12-22(18-29)23-16-25(31)30-15-8-4-7-13-24(30)27-23/h3,5-6,10-11,16,20,22H,4,7-9,12-15,17-19H2,1-2H3. The van der Waals surface area contributed by atoms with E-state index in [4.69, 9.17) is 4.98 Å². The summed E-state index contributed by atoms with van der Waals surface area (Å²) in [5.74, 6) is 1.64. The molecule has 0 aliphatic carbocycles. The molecule has 0 radical (unpaired) electrons. The molecule has 0 bridgehead atoms. The van der Waals surface area contributed by atoms with Crippen LogP contribution in [0.25, 0.3) is 0 Å². The first-order valence-corrected chi connectivity index (χ1v) is 12.1. The van der Waals surface area contributed by atoms with Gasteiger partial charge in [-0.25, -0.2) is 4.98 Å². The summed E-state index contributed by atoms with van der Waals surface area (Å²) in [5, 5.41) is 0. The maximum absolute atomic E-state index is 12.9. The van der Waals surface area contributed by atoms with Crippen molar-refractivity contribution >= 4 is 5.91 Å². The quantitative estimate of drug-likeness (QED) is 0.696. The number of hydrogen-bond acceptors (Lipinski definition) is 4. The number of fused-ring (bicyclic) bond motifs is 1. The lowest BCUT2D eigenvalue weighted by atomic mass is 9.94. The Morgan fingerprint density at radius 1 is 1.16 bits per heavy atom. The summed E-state index contributed by atoms with van der Waals surface area (Å²) in [6.07, 6.45) is 6.28. The number of nitrogens with zero attached hydrogens (tertiary/aromatic N) is 4. The van der Waals surface area contributed by atoms with E-state index < -0.39 is 0 Å². The molecule has 2 aromatic rings. The van der Waals surface area contributed by atoms with Gasteiger partial charge in [0, 0.05) is 45.1 Å². The fraction of sp³-hybridized carbons (Fsp3) is 0.577. The van der Waals surface area contributed by atoms with Crippen LogP contribution in [0, 0.1) is 0 Å². The zero-order chi connectivity index (χ0) is 22.5. The van der Waals surface area contributed by atoms with Crippen molar-refractivity contribution in [1.29, 1.82) is 0 Å². The van der Waals surface area contributed by atoms with Crippen LogP contribution in [-0.2, 0) is 17.8 Å². The molecule has 6 heteroatoms. The highest BCUT2D eigenvalue weighted by Crippen LogP contribution is 2.26. The second-order valence-electron chi connectivity index (χ2n) is 9.56. The molecule has 2 aliphatic rings. The number of likely N-dealkylation sites (tertiary alicyclic amines) is 1. The van der Waals surface area contributed by atoms with E-state index in [2.05, 4.69) is 24.0 Å². The van der Waals surface area contributed by atoms with Gasteiger partial charge in [0.25, 0.3) is 5.56 Å². The average molecular weight is 437 g/mol. The molecule has 1 amide bonds. The van der Waals surface area contributed by atoms with Crippen LogP contribution in [0.5, 0.6) is 0 Å². The van der Waals surface area contributed by atoms with Crippen molar-refractivity contribution in [3.8, 4) is 0 Å². The Balaban J connectivity index is 1.37. The smallest absolute Gasteiger partial charge is 0.253 e. The van der Waals surface area contributed by atoms with E-state index in [1.54, 1.807) is 6.07 Å². The first kappa shape index (κ1) is 22.7. The molecule has 0 saturated carbocycles. The number of amides is 1. The van der Waals surface area contributed by atoms with Crippen LogP contribution in [0.2, 0.25) is 0 Å². The van der Waals surface area contributed by atoms with Crippen LogP contribution in [0.1, 0.15) is 67.9 Å². The van der Waals surface area contributed by atoms with Crippen LogP contribution in [-0.4, -0.2) is 58.5 Å². The highest BCUT2D eigenvalue weighted by molar-refractivity contribution is 5.78. The second-order valence-corrected chi connectivity index (χ2v) is 9.56. The normalized spacial score (nSPS) is 20.2. The van der Waals surface area contributed by atoms with Crippen molar-refractivity contribution in [3.05, 3.63) is 63.8 Å². The molecule has 2 unspecified atom stereocenters. The topological polar surface area (TPSA) is 58.4 Å². The summed E-state index contributed by atoms with van der Waals surface area (Å²) >= 11 is 0. The highest BCUT2D eigenvalue weighted by Gasteiger charge is 2.26. The summed E-state index contributed by atoms with van der Waals surface area (Å²) in [6.45, 7) is 5.82. The number of aryl methyl sites for hydroxylation is 1. The zero-order valence-corrected chi connectivity index (χ0v) is 19.5. The average Bonchev–Trinajstić information content (AvgIpc) is 3.06. The van der Waals surface area contributed by atoms with E-state index in [0.29, 0.717) is 19.0 Å². The van der Waals surface area contributed by atoms with Gasteiger partial charge in [-0.15, -0.1) is 0 Å². The lowest BCUT2D eigenvalue weighted by molar-refractivity contribution is -0.131. The molecule has 6 nitrogen and oxygen atoms in total. The number of aromatic nitrogens is 2. The molecule has 1 saturated heterocycles. The van der Waals surface area contributed by atoms with Gasteiger partial charge in [0.2, 0.25) is 5.91 Å². The van der Waals surface area contributed by atoms with E-state index in [0.717, 1.165) is 69.7 Å². The molecular weight excluding hydrogens is 400 g/mol. The lowest BCUT2D eigenvalue weighted by Gasteiger charge is -2.33. The minimum Gasteiger partial charge on any atom is -0.344 e. The van der Waals surface area contributed by atoms with Crippen molar-refractivity contribution in [1.82, 2.24) is 19.4 Å². The molecule has 172 valence electrons. The van der Waals surface area contributed by atoms with Crippen LogP contribution in [0.15, 0.2) is 41.2 Å². The van der Waals surface area contributed by atoms with E-state index in [1.165, 1.54) is 5.56 Å². The third-order valence-corrected chi connectivity index (χ3v) is 7.01. The first-order valence-electron chi connectivity index (χ1n) is 12.1. The lowest BCUT2D eigenvalue weighted by Crippen LogP contribution is -2.43. The fourth-order valence-corrected chi connectivity index (χ4v) is 5.09. The van der Waals surface area contributed by atoms with E-state index in [9.17, 15) is 9.59 Å². The number of benzene rings is 1. The van der Waals surface area contributed by atoms with Gasteiger partial charge in [0.05, 0.1) is 12.2 Å². The summed E-state index contributed by atoms with van der Waals surface area (Å²) in [4.78, 5) is 34.6. The van der Waals surface area contributed by atoms with Crippen molar-refractivity contribution in [2.75, 3.05) is 33.2 Å². The van der Waals surface area contributed by atoms with Gasteiger partial charge in [0.1, 0.15) is 5.82 Å². The Labute approximate surface area is 191 Å². The Morgan fingerprint density at radius 2 is 1.97 bits per heavy atom. The summed E-state index contributed by atoms with van der Waals surface area (Å²) in [7, 11) is 1.90. The molecule has 2 aliphatic heterocycles. The van der Waals surface area contributed by atoms with Gasteiger partial charge in [-0.1, -0.05) is 43.7 Å². The Bertz CT molecular complexity index is 972. The third-order valence-electron chi connectivity index (χ3n) is 7.01. The Kier molecular flexibility index (Phi) is 7.40. The van der Waals surface area contributed by atoms with Crippen LogP contribution in [0.4, 0.5) is 0 Å².